The van der Waals surface area contributed by atoms with Gasteiger partial charge in [0, 0.05) is 11.4 Å². The van der Waals surface area contributed by atoms with Crippen molar-refractivity contribution >= 4 is 37.3 Å². The summed E-state index contributed by atoms with van der Waals surface area (Å²) < 4.78 is 26.0. The van der Waals surface area contributed by atoms with E-state index in [0.717, 1.165) is 0 Å². The van der Waals surface area contributed by atoms with Gasteiger partial charge in [-0.1, -0.05) is 22.0 Å². The lowest BCUT2D eigenvalue weighted by atomic mass is 10.4. The second kappa shape index (κ2) is 4.54. The third-order valence-corrected chi connectivity index (χ3v) is 5.31. The van der Waals surface area contributed by atoms with Crippen LogP contribution in [0.15, 0.2) is 21.7 Å². The first-order valence-electron chi connectivity index (χ1n) is 3.68. The van der Waals surface area contributed by atoms with Crippen LogP contribution in [0, 0.1) is 0 Å². The van der Waals surface area contributed by atoms with Gasteiger partial charge in [0.15, 0.2) is 0 Å². The summed E-state index contributed by atoms with van der Waals surface area (Å²) in [7, 11) is -3.29. The van der Waals surface area contributed by atoms with Crippen LogP contribution in [0.25, 0.3) is 0 Å². The Morgan fingerprint density at radius 3 is 2.85 bits per heavy atom. The molecule has 1 aromatic heterocycles. The maximum atomic E-state index is 11.5. The van der Waals surface area contributed by atoms with E-state index in [-0.39, 0.29) is 6.04 Å². The van der Waals surface area contributed by atoms with Gasteiger partial charge in [0.2, 0.25) is 10.0 Å². The van der Waals surface area contributed by atoms with Crippen molar-refractivity contribution in [1.82, 2.24) is 4.72 Å². The Bertz CT molecular complexity index is 347. The molecular weight excluding hydrogens is 274 g/mol. The minimum Gasteiger partial charge on any atom is -0.207 e. The van der Waals surface area contributed by atoms with Gasteiger partial charge in [-0.05, 0) is 18.4 Å². The maximum Gasteiger partial charge on any atom is 0.250 e. The molecule has 3 nitrogen and oxygen atoms in total. The van der Waals surface area contributed by atoms with Crippen LogP contribution in [0.3, 0.4) is 0 Å². The number of sulfonamides is 1. The fourth-order valence-corrected chi connectivity index (χ4v) is 3.40. The van der Waals surface area contributed by atoms with Crippen LogP contribution in [-0.4, -0.2) is 19.8 Å². The third-order valence-electron chi connectivity index (χ3n) is 1.35. The molecule has 1 atom stereocenters. The van der Waals surface area contributed by atoms with Crippen LogP contribution in [0.2, 0.25) is 0 Å². The van der Waals surface area contributed by atoms with Gasteiger partial charge in [-0.3, -0.25) is 0 Å². The molecule has 0 aliphatic heterocycles. The SMILES string of the molecule is CC(CBr)NS(=O)(=O)c1cccs1. The van der Waals surface area contributed by atoms with Crippen molar-refractivity contribution in [3.8, 4) is 0 Å². The van der Waals surface area contributed by atoms with E-state index < -0.39 is 10.0 Å². The molecule has 0 saturated heterocycles. The van der Waals surface area contributed by atoms with Gasteiger partial charge < -0.3 is 0 Å². The van der Waals surface area contributed by atoms with Crippen LogP contribution in [-0.2, 0) is 10.0 Å². The van der Waals surface area contributed by atoms with Gasteiger partial charge in [-0.2, -0.15) is 0 Å². The molecule has 0 spiro atoms. The lowest BCUT2D eigenvalue weighted by Gasteiger charge is -2.09. The number of hydrogen-bond acceptors (Lipinski definition) is 3. The number of hydrogen-bond donors (Lipinski definition) is 1. The summed E-state index contributed by atoms with van der Waals surface area (Å²) >= 11 is 4.42. The molecule has 0 radical (unpaired) electrons. The molecule has 0 amide bonds. The van der Waals surface area contributed by atoms with Crippen LogP contribution in [0.5, 0.6) is 0 Å². The van der Waals surface area contributed by atoms with E-state index in [2.05, 4.69) is 20.7 Å². The van der Waals surface area contributed by atoms with Gasteiger partial charge in [0.05, 0.1) is 0 Å². The van der Waals surface area contributed by atoms with Crippen LogP contribution in [0.1, 0.15) is 6.92 Å². The molecule has 13 heavy (non-hydrogen) atoms. The summed E-state index contributed by atoms with van der Waals surface area (Å²) in [6.45, 7) is 1.81. The quantitative estimate of drug-likeness (QED) is 0.857. The number of thiophene rings is 1. The van der Waals surface area contributed by atoms with E-state index in [0.29, 0.717) is 9.54 Å². The van der Waals surface area contributed by atoms with Crippen LogP contribution < -0.4 is 4.72 Å². The van der Waals surface area contributed by atoms with Crippen LogP contribution >= 0.6 is 27.3 Å². The zero-order valence-electron chi connectivity index (χ0n) is 7.03. The first kappa shape index (κ1) is 11.2. The highest BCUT2D eigenvalue weighted by Crippen LogP contribution is 2.15. The normalized spacial score (nSPS) is 14.3. The molecule has 1 rings (SSSR count). The first-order chi connectivity index (χ1) is 6.06. The van der Waals surface area contributed by atoms with Gasteiger partial charge >= 0.3 is 0 Å². The number of alkyl halides is 1. The van der Waals surface area contributed by atoms with Gasteiger partial charge in [0.25, 0.3) is 0 Å². The van der Waals surface area contributed by atoms with E-state index in [4.69, 9.17) is 0 Å². The average molecular weight is 284 g/mol. The average Bonchev–Trinajstić information content (AvgIpc) is 2.55. The molecule has 0 fully saturated rings. The largest absolute Gasteiger partial charge is 0.250 e. The maximum absolute atomic E-state index is 11.5. The van der Waals surface area contributed by atoms with Gasteiger partial charge in [-0.25, -0.2) is 13.1 Å². The van der Waals surface area contributed by atoms with E-state index in [9.17, 15) is 8.42 Å². The molecule has 74 valence electrons. The van der Waals surface area contributed by atoms with Gasteiger partial charge in [0.1, 0.15) is 4.21 Å². The predicted octanol–water partition coefficient (Wildman–Crippen LogP) is 1.81. The predicted molar refractivity (Wildman–Crippen MR) is 57.9 cm³/mol. The Kier molecular flexibility index (Phi) is 3.90. The monoisotopic (exact) mass is 283 g/mol. The molecule has 1 heterocycles. The van der Waals surface area contributed by atoms with Gasteiger partial charge in [-0.15, -0.1) is 11.3 Å². The van der Waals surface area contributed by atoms with Crippen molar-refractivity contribution in [3.63, 3.8) is 0 Å². The highest BCUT2D eigenvalue weighted by molar-refractivity contribution is 9.09. The second-order valence-corrected chi connectivity index (χ2v) is 6.14. The Labute approximate surface area is 90.3 Å². The minimum absolute atomic E-state index is 0.0906. The molecule has 1 aromatic rings. The van der Waals surface area contributed by atoms with Crippen molar-refractivity contribution in [3.05, 3.63) is 17.5 Å². The molecule has 0 saturated carbocycles. The van der Waals surface area contributed by atoms with Crippen molar-refractivity contribution in [2.75, 3.05) is 5.33 Å². The Morgan fingerprint density at radius 2 is 2.38 bits per heavy atom. The lowest BCUT2D eigenvalue weighted by molar-refractivity contribution is 0.573. The molecule has 1 unspecified atom stereocenters. The van der Waals surface area contributed by atoms with Crippen molar-refractivity contribution in [2.24, 2.45) is 0 Å². The number of halogens is 1. The fraction of sp³-hybridized carbons (Fsp3) is 0.429. The molecule has 0 aromatic carbocycles. The molecule has 0 aliphatic carbocycles. The zero-order chi connectivity index (χ0) is 9.90. The van der Waals surface area contributed by atoms with E-state index in [1.165, 1.54) is 11.3 Å². The second-order valence-electron chi connectivity index (χ2n) is 2.61. The summed E-state index contributed by atoms with van der Waals surface area (Å²) in [5.41, 5.74) is 0. The van der Waals surface area contributed by atoms with Crippen molar-refractivity contribution in [1.29, 1.82) is 0 Å². The summed E-state index contributed by atoms with van der Waals surface area (Å²) in [4.78, 5) is 0. The first-order valence-corrected chi connectivity index (χ1v) is 7.16. The highest BCUT2D eigenvalue weighted by Gasteiger charge is 2.16. The zero-order valence-corrected chi connectivity index (χ0v) is 10.2. The smallest absolute Gasteiger partial charge is 0.207 e. The molecule has 0 bridgehead atoms. The third kappa shape index (κ3) is 3.05. The van der Waals surface area contributed by atoms with E-state index in [1.54, 1.807) is 24.4 Å². The molecular formula is C7H10BrNO2S2. The topological polar surface area (TPSA) is 46.2 Å². The Hall–Kier alpha value is 0.0900. The fourth-order valence-electron chi connectivity index (χ4n) is 0.771. The number of nitrogens with one attached hydrogen (secondary N) is 1. The highest BCUT2D eigenvalue weighted by atomic mass is 79.9. The van der Waals surface area contributed by atoms with E-state index >= 15 is 0 Å². The molecule has 6 heteroatoms. The summed E-state index contributed by atoms with van der Waals surface area (Å²) in [5.74, 6) is 0. The van der Waals surface area contributed by atoms with Crippen LogP contribution in [0.4, 0.5) is 0 Å². The number of rotatable bonds is 4. The summed E-state index contributed by atoms with van der Waals surface area (Å²) in [6.07, 6.45) is 0. The minimum atomic E-state index is -3.29. The molecule has 0 aliphatic rings. The summed E-state index contributed by atoms with van der Waals surface area (Å²) in [6, 6.07) is 3.22. The standard InChI is InChI=1S/C7H10BrNO2S2/c1-6(5-8)9-13(10,11)7-3-2-4-12-7/h2-4,6,9H,5H2,1H3. The summed E-state index contributed by atoms with van der Waals surface area (Å²) in [5, 5.41) is 2.35. The van der Waals surface area contributed by atoms with Crippen molar-refractivity contribution < 1.29 is 8.42 Å². The van der Waals surface area contributed by atoms with E-state index in [1.807, 2.05) is 0 Å². The van der Waals surface area contributed by atoms with Crippen molar-refractivity contribution in [2.45, 2.75) is 17.2 Å². The lowest BCUT2D eigenvalue weighted by Crippen LogP contribution is -2.33. The molecule has 1 N–H and O–H groups in total. The Morgan fingerprint density at radius 1 is 1.69 bits per heavy atom. The Balaban J connectivity index is 2.79.